The van der Waals surface area contributed by atoms with Gasteiger partial charge in [0.15, 0.2) is 5.65 Å². The minimum Gasteiger partial charge on any atom is -0.497 e. The normalized spacial score (nSPS) is 15.0. The maximum atomic E-state index is 12.5. The fraction of sp³-hybridized carbons (Fsp3) is 0.421. The van der Waals surface area contributed by atoms with Crippen molar-refractivity contribution < 1.29 is 13.2 Å². The molecule has 10 heteroatoms. The Morgan fingerprint density at radius 2 is 1.86 bits per heavy atom. The first-order chi connectivity index (χ1) is 14.1. The molecule has 0 unspecified atom stereocenters. The van der Waals surface area contributed by atoms with Crippen molar-refractivity contribution in [3.05, 3.63) is 36.8 Å². The highest BCUT2D eigenvalue weighted by molar-refractivity contribution is 7.89. The molecule has 0 saturated carbocycles. The summed E-state index contributed by atoms with van der Waals surface area (Å²) in [6.07, 6.45) is 6.88. The molecule has 3 heterocycles. The summed E-state index contributed by atoms with van der Waals surface area (Å²) in [6, 6.07) is 6.27. The zero-order chi connectivity index (χ0) is 20.3. The van der Waals surface area contributed by atoms with Gasteiger partial charge in [0.2, 0.25) is 10.0 Å². The molecule has 1 saturated heterocycles. The molecule has 0 bridgehead atoms. The Kier molecular flexibility index (Phi) is 5.63. The molecule has 0 radical (unpaired) electrons. The van der Waals surface area contributed by atoms with Gasteiger partial charge in [-0.3, -0.25) is 0 Å². The van der Waals surface area contributed by atoms with E-state index in [0.717, 1.165) is 37.1 Å². The highest BCUT2D eigenvalue weighted by Crippen LogP contribution is 2.25. The first kappa shape index (κ1) is 19.6. The zero-order valence-electron chi connectivity index (χ0n) is 16.3. The summed E-state index contributed by atoms with van der Waals surface area (Å²) >= 11 is 0. The number of rotatable bonds is 7. The number of ether oxygens (including phenoxy) is 1. The van der Waals surface area contributed by atoms with Gasteiger partial charge in [-0.25, -0.2) is 27.8 Å². The van der Waals surface area contributed by atoms with Gasteiger partial charge < -0.3 is 9.64 Å². The molecule has 1 aromatic carbocycles. The molecule has 1 fully saturated rings. The van der Waals surface area contributed by atoms with Crippen LogP contribution in [0.2, 0.25) is 0 Å². The minimum atomic E-state index is -3.60. The van der Waals surface area contributed by atoms with Crippen molar-refractivity contribution in [2.24, 2.45) is 0 Å². The lowest BCUT2D eigenvalue weighted by Crippen LogP contribution is -2.30. The maximum Gasteiger partial charge on any atom is 0.240 e. The molecular weight excluding hydrogens is 392 g/mol. The van der Waals surface area contributed by atoms with E-state index in [4.69, 9.17) is 4.74 Å². The van der Waals surface area contributed by atoms with Crippen LogP contribution in [0.15, 0.2) is 41.7 Å². The van der Waals surface area contributed by atoms with E-state index in [9.17, 15) is 8.42 Å². The molecule has 0 spiro atoms. The van der Waals surface area contributed by atoms with Gasteiger partial charge in [0.05, 0.1) is 30.1 Å². The van der Waals surface area contributed by atoms with Gasteiger partial charge in [0.1, 0.15) is 17.9 Å². The molecule has 154 valence electrons. The SMILES string of the molecule is COc1ccc(S(=O)(=O)NCCn2ncc3c(N4CCCCC4)ncnc32)cc1. The number of benzene rings is 1. The monoisotopic (exact) mass is 416 g/mol. The summed E-state index contributed by atoms with van der Waals surface area (Å²) in [5, 5.41) is 5.30. The van der Waals surface area contributed by atoms with Crippen molar-refractivity contribution >= 4 is 26.9 Å². The van der Waals surface area contributed by atoms with Crippen LogP contribution in [0.1, 0.15) is 19.3 Å². The molecule has 1 aliphatic heterocycles. The van der Waals surface area contributed by atoms with Crippen LogP contribution in [0.25, 0.3) is 11.0 Å². The summed E-state index contributed by atoms with van der Waals surface area (Å²) in [4.78, 5) is 11.3. The van der Waals surface area contributed by atoms with Crippen molar-refractivity contribution in [1.29, 1.82) is 0 Å². The summed E-state index contributed by atoms with van der Waals surface area (Å²) in [6.45, 7) is 2.54. The highest BCUT2D eigenvalue weighted by atomic mass is 32.2. The second-order valence-electron chi connectivity index (χ2n) is 6.92. The van der Waals surface area contributed by atoms with Crippen LogP contribution in [-0.4, -0.2) is 54.9 Å². The quantitative estimate of drug-likeness (QED) is 0.626. The second-order valence-corrected chi connectivity index (χ2v) is 8.69. The van der Waals surface area contributed by atoms with Crippen LogP contribution >= 0.6 is 0 Å². The molecular formula is C19H24N6O3S. The first-order valence-electron chi connectivity index (χ1n) is 9.64. The van der Waals surface area contributed by atoms with Crippen LogP contribution in [0.3, 0.4) is 0 Å². The summed E-state index contributed by atoms with van der Waals surface area (Å²) in [7, 11) is -2.07. The van der Waals surface area contributed by atoms with Gasteiger partial charge in [-0.2, -0.15) is 5.10 Å². The number of hydrogen-bond donors (Lipinski definition) is 1. The Morgan fingerprint density at radius 1 is 1.10 bits per heavy atom. The van der Waals surface area contributed by atoms with Crippen LogP contribution in [-0.2, 0) is 16.6 Å². The van der Waals surface area contributed by atoms with E-state index in [-0.39, 0.29) is 11.4 Å². The smallest absolute Gasteiger partial charge is 0.240 e. The standard InChI is InChI=1S/C19H24N6O3S/c1-28-15-5-7-16(8-6-15)29(26,27)23-9-12-25-19-17(13-22-25)18(20-14-21-19)24-10-3-2-4-11-24/h5-8,13-14,23H,2-4,9-12H2,1H3. The van der Waals surface area contributed by atoms with Gasteiger partial charge in [0.25, 0.3) is 0 Å². The van der Waals surface area contributed by atoms with E-state index in [1.807, 2.05) is 0 Å². The number of fused-ring (bicyclic) bond motifs is 1. The second kappa shape index (κ2) is 8.34. The van der Waals surface area contributed by atoms with E-state index >= 15 is 0 Å². The van der Waals surface area contributed by atoms with Crippen molar-refractivity contribution in [3.8, 4) is 5.75 Å². The average molecular weight is 417 g/mol. The molecule has 2 aromatic heterocycles. The number of hydrogen-bond acceptors (Lipinski definition) is 7. The van der Waals surface area contributed by atoms with Crippen LogP contribution in [0.4, 0.5) is 5.82 Å². The number of nitrogens with one attached hydrogen (secondary N) is 1. The maximum absolute atomic E-state index is 12.5. The minimum absolute atomic E-state index is 0.193. The highest BCUT2D eigenvalue weighted by Gasteiger charge is 2.18. The number of aromatic nitrogens is 4. The number of piperidine rings is 1. The predicted octanol–water partition coefficient (Wildman–Crippen LogP) is 1.80. The van der Waals surface area contributed by atoms with E-state index in [0.29, 0.717) is 17.9 Å². The number of sulfonamides is 1. The first-order valence-corrected chi connectivity index (χ1v) is 11.1. The summed E-state index contributed by atoms with van der Waals surface area (Å²) in [5.41, 5.74) is 0.712. The third-order valence-electron chi connectivity index (χ3n) is 5.05. The van der Waals surface area contributed by atoms with E-state index < -0.39 is 10.0 Å². The van der Waals surface area contributed by atoms with Gasteiger partial charge in [-0.1, -0.05) is 0 Å². The lowest BCUT2D eigenvalue weighted by atomic mass is 10.1. The lowest BCUT2D eigenvalue weighted by Gasteiger charge is -2.27. The third-order valence-corrected chi connectivity index (χ3v) is 6.53. The molecule has 0 atom stereocenters. The Bertz CT molecular complexity index is 1080. The molecule has 9 nitrogen and oxygen atoms in total. The van der Waals surface area contributed by atoms with Gasteiger partial charge in [-0.15, -0.1) is 0 Å². The fourth-order valence-corrected chi connectivity index (χ4v) is 4.55. The largest absolute Gasteiger partial charge is 0.497 e. The summed E-state index contributed by atoms with van der Waals surface area (Å²) < 4.78 is 34.3. The zero-order valence-corrected chi connectivity index (χ0v) is 17.1. The average Bonchev–Trinajstić information content (AvgIpc) is 3.17. The molecule has 4 rings (SSSR count). The third kappa shape index (κ3) is 4.18. The fourth-order valence-electron chi connectivity index (χ4n) is 3.53. The molecule has 3 aromatic rings. The Morgan fingerprint density at radius 3 is 2.59 bits per heavy atom. The molecule has 29 heavy (non-hydrogen) atoms. The predicted molar refractivity (Wildman–Crippen MR) is 110 cm³/mol. The number of nitrogens with zero attached hydrogens (tertiary/aromatic N) is 5. The lowest BCUT2D eigenvalue weighted by molar-refractivity contribution is 0.414. The molecule has 1 aliphatic rings. The number of anilines is 1. The van der Waals surface area contributed by atoms with Crippen LogP contribution in [0.5, 0.6) is 5.75 Å². The van der Waals surface area contributed by atoms with E-state index in [1.165, 1.54) is 25.7 Å². The molecule has 0 aliphatic carbocycles. The Balaban J connectivity index is 1.45. The van der Waals surface area contributed by atoms with Crippen LogP contribution < -0.4 is 14.4 Å². The van der Waals surface area contributed by atoms with Crippen molar-refractivity contribution in [2.75, 3.05) is 31.6 Å². The Labute approximate surface area is 169 Å². The summed E-state index contributed by atoms with van der Waals surface area (Å²) in [5.74, 6) is 1.51. The van der Waals surface area contributed by atoms with E-state index in [1.54, 1.807) is 29.3 Å². The topological polar surface area (TPSA) is 102 Å². The van der Waals surface area contributed by atoms with Gasteiger partial charge >= 0.3 is 0 Å². The Hall–Kier alpha value is -2.72. The van der Waals surface area contributed by atoms with Gasteiger partial charge in [0, 0.05) is 19.6 Å². The van der Waals surface area contributed by atoms with Gasteiger partial charge in [-0.05, 0) is 43.5 Å². The molecule has 1 N–H and O–H groups in total. The van der Waals surface area contributed by atoms with Crippen molar-refractivity contribution in [3.63, 3.8) is 0 Å². The van der Waals surface area contributed by atoms with Crippen molar-refractivity contribution in [1.82, 2.24) is 24.5 Å². The van der Waals surface area contributed by atoms with E-state index in [2.05, 4.69) is 24.7 Å². The molecule has 0 amide bonds. The van der Waals surface area contributed by atoms with Crippen LogP contribution in [0, 0.1) is 0 Å². The van der Waals surface area contributed by atoms with Crippen molar-refractivity contribution in [2.45, 2.75) is 30.7 Å². The number of methoxy groups -OCH3 is 1.